The van der Waals surface area contributed by atoms with Crippen LogP contribution in [0.1, 0.15) is 22.7 Å². The lowest BCUT2D eigenvalue weighted by atomic mass is 9.96. The Balaban J connectivity index is 2.62. The fraction of sp³-hybridized carbons (Fsp3) is 0.250. The van der Waals surface area contributed by atoms with Crippen LogP contribution < -0.4 is 5.32 Å². The van der Waals surface area contributed by atoms with E-state index < -0.39 is 17.7 Å². The van der Waals surface area contributed by atoms with Gasteiger partial charge >= 0.3 is 0 Å². The van der Waals surface area contributed by atoms with E-state index in [0.717, 1.165) is 10.5 Å². The fourth-order valence-corrected chi connectivity index (χ4v) is 2.94. The molecule has 1 unspecified atom stereocenters. The molecule has 1 N–H and O–H groups in total. The van der Waals surface area contributed by atoms with Gasteiger partial charge in [0.1, 0.15) is 11.6 Å². The standard InChI is InChI=1S/C16H17F2NS/c1-10-8-9-12(17)14(15(10)18)16(19-2)11-6-4-5-7-13(11)20-3/h4-9,16,19H,1-3H3. The summed E-state index contributed by atoms with van der Waals surface area (Å²) >= 11 is 1.56. The average molecular weight is 293 g/mol. The van der Waals surface area contributed by atoms with Gasteiger partial charge in [-0.15, -0.1) is 11.8 Å². The lowest BCUT2D eigenvalue weighted by Gasteiger charge is -2.21. The molecule has 1 nitrogen and oxygen atoms in total. The lowest BCUT2D eigenvalue weighted by Crippen LogP contribution is -2.21. The molecule has 0 radical (unpaired) electrons. The van der Waals surface area contributed by atoms with Crippen LogP contribution in [0.5, 0.6) is 0 Å². The van der Waals surface area contributed by atoms with Gasteiger partial charge in [0.2, 0.25) is 0 Å². The number of halogens is 2. The molecule has 0 aliphatic carbocycles. The SMILES string of the molecule is CNC(c1ccccc1SC)c1c(F)ccc(C)c1F. The van der Waals surface area contributed by atoms with Gasteiger partial charge in [-0.2, -0.15) is 0 Å². The van der Waals surface area contributed by atoms with Crippen LogP contribution in [0.2, 0.25) is 0 Å². The number of hydrogen-bond acceptors (Lipinski definition) is 2. The van der Waals surface area contributed by atoms with Gasteiger partial charge in [-0.25, -0.2) is 8.78 Å². The third-order valence-corrected chi connectivity index (χ3v) is 4.16. The van der Waals surface area contributed by atoms with E-state index in [1.165, 1.54) is 12.1 Å². The summed E-state index contributed by atoms with van der Waals surface area (Å²) in [6.45, 7) is 1.64. The summed E-state index contributed by atoms with van der Waals surface area (Å²) in [5, 5.41) is 3.02. The molecule has 2 rings (SSSR count). The molecule has 2 aromatic carbocycles. The predicted octanol–water partition coefficient (Wildman–Crippen LogP) is 4.30. The van der Waals surface area contributed by atoms with Gasteiger partial charge in [-0.1, -0.05) is 24.3 Å². The molecule has 0 heterocycles. The number of benzene rings is 2. The smallest absolute Gasteiger partial charge is 0.134 e. The maximum atomic E-state index is 14.3. The lowest BCUT2D eigenvalue weighted by molar-refractivity contribution is 0.515. The van der Waals surface area contributed by atoms with Gasteiger partial charge in [-0.3, -0.25) is 0 Å². The first-order chi connectivity index (χ1) is 9.60. The molecule has 0 saturated heterocycles. The third kappa shape index (κ3) is 2.72. The molecule has 2 aromatic rings. The van der Waals surface area contributed by atoms with Gasteiger partial charge in [0.25, 0.3) is 0 Å². The monoisotopic (exact) mass is 293 g/mol. The van der Waals surface area contributed by atoms with Gasteiger partial charge in [0.05, 0.1) is 6.04 Å². The van der Waals surface area contributed by atoms with Gasteiger partial charge < -0.3 is 5.32 Å². The van der Waals surface area contributed by atoms with Crippen molar-refractivity contribution < 1.29 is 8.78 Å². The van der Waals surface area contributed by atoms with Crippen LogP contribution in [0.15, 0.2) is 41.3 Å². The Bertz CT molecular complexity index is 613. The van der Waals surface area contributed by atoms with Crippen molar-refractivity contribution in [2.75, 3.05) is 13.3 Å². The van der Waals surface area contributed by atoms with Crippen molar-refractivity contribution in [2.24, 2.45) is 0 Å². The molecule has 0 amide bonds. The van der Waals surface area contributed by atoms with E-state index in [4.69, 9.17) is 0 Å². The quantitative estimate of drug-likeness (QED) is 0.843. The van der Waals surface area contributed by atoms with Crippen molar-refractivity contribution in [3.05, 3.63) is 64.7 Å². The van der Waals surface area contributed by atoms with Crippen molar-refractivity contribution in [3.8, 4) is 0 Å². The Morgan fingerprint density at radius 1 is 1.10 bits per heavy atom. The molecule has 20 heavy (non-hydrogen) atoms. The molecular formula is C16H17F2NS. The Morgan fingerprint density at radius 2 is 1.80 bits per heavy atom. The number of nitrogens with one attached hydrogen (secondary N) is 1. The summed E-state index contributed by atoms with van der Waals surface area (Å²) in [4.78, 5) is 1.01. The highest BCUT2D eigenvalue weighted by Crippen LogP contribution is 2.33. The second-order valence-corrected chi connectivity index (χ2v) is 5.40. The highest BCUT2D eigenvalue weighted by atomic mass is 32.2. The minimum Gasteiger partial charge on any atom is -0.309 e. The Labute approximate surface area is 122 Å². The summed E-state index contributed by atoms with van der Waals surface area (Å²) in [5.74, 6) is -1.01. The van der Waals surface area contributed by atoms with E-state index in [0.29, 0.717) is 5.56 Å². The number of aryl methyl sites for hydroxylation is 1. The topological polar surface area (TPSA) is 12.0 Å². The van der Waals surface area contributed by atoms with E-state index in [1.807, 2.05) is 30.5 Å². The van der Waals surface area contributed by atoms with Gasteiger partial charge in [0, 0.05) is 10.5 Å². The molecular weight excluding hydrogens is 276 g/mol. The van der Waals surface area contributed by atoms with Crippen LogP contribution >= 0.6 is 11.8 Å². The van der Waals surface area contributed by atoms with E-state index >= 15 is 0 Å². The van der Waals surface area contributed by atoms with Crippen LogP contribution in [0.4, 0.5) is 8.78 Å². The van der Waals surface area contributed by atoms with Crippen LogP contribution in [-0.4, -0.2) is 13.3 Å². The Kier molecular flexibility index (Phi) is 4.78. The van der Waals surface area contributed by atoms with Crippen LogP contribution in [0, 0.1) is 18.6 Å². The van der Waals surface area contributed by atoms with Crippen LogP contribution in [0.25, 0.3) is 0 Å². The molecule has 1 atom stereocenters. The van der Waals surface area contributed by atoms with Crippen LogP contribution in [-0.2, 0) is 0 Å². The molecule has 0 aromatic heterocycles. The molecule has 0 aliphatic heterocycles. The predicted molar refractivity (Wildman–Crippen MR) is 80.2 cm³/mol. The first-order valence-electron chi connectivity index (χ1n) is 6.34. The first-order valence-corrected chi connectivity index (χ1v) is 7.57. The first kappa shape index (κ1) is 15.0. The second kappa shape index (κ2) is 6.37. The fourth-order valence-electron chi connectivity index (χ4n) is 2.30. The van der Waals surface area contributed by atoms with Crippen LogP contribution in [0.3, 0.4) is 0 Å². The molecule has 0 bridgehead atoms. The third-order valence-electron chi connectivity index (χ3n) is 3.35. The molecule has 0 aliphatic rings. The van der Waals surface area contributed by atoms with Crippen molar-refractivity contribution in [1.29, 1.82) is 0 Å². The Morgan fingerprint density at radius 3 is 2.45 bits per heavy atom. The van der Waals surface area contributed by atoms with Crippen molar-refractivity contribution in [1.82, 2.24) is 5.32 Å². The zero-order chi connectivity index (χ0) is 14.7. The number of rotatable bonds is 4. The maximum absolute atomic E-state index is 14.3. The highest BCUT2D eigenvalue weighted by Gasteiger charge is 2.23. The zero-order valence-electron chi connectivity index (χ0n) is 11.7. The molecule has 0 fully saturated rings. The van der Waals surface area contributed by atoms with E-state index in [1.54, 1.807) is 25.7 Å². The van der Waals surface area contributed by atoms with Gasteiger partial charge in [0.15, 0.2) is 0 Å². The van der Waals surface area contributed by atoms with Crippen molar-refractivity contribution in [2.45, 2.75) is 17.9 Å². The largest absolute Gasteiger partial charge is 0.309 e. The summed E-state index contributed by atoms with van der Waals surface area (Å²) < 4.78 is 28.4. The maximum Gasteiger partial charge on any atom is 0.134 e. The van der Waals surface area contributed by atoms with Crippen molar-refractivity contribution in [3.63, 3.8) is 0 Å². The van der Waals surface area contributed by atoms with Crippen molar-refractivity contribution >= 4 is 11.8 Å². The van der Waals surface area contributed by atoms with E-state index in [2.05, 4.69) is 5.32 Å². The zero-order valence-corrected chi connectivity index (χ0v) is 12.5. The summed E-state index contributed by atoms with van der Waals surface area (Å²) in [6, 6.07) is 9.93. The number of hydrogen-bond donors (Lipinski definition) is 1. The van der Waals surface area contributed by atoms with E-state index in [-0.39, 0.29) is 5.56 Å². The minimum atomic E-state index is -0.525. The Hall–Kier alpha value is -1.39. The molecule has 0 saturated carbocycles. The molecule has 0 spiro atoms. The summed E-state index contributed by atoms with van der Waals surface area (Å²) in [7, 11) is 1.71. The van der Waals surface area contributed by atoms with Gasteiger partial charge in [-0.05, 0) is 43.5 Å². The minimum absolute atomic E-state index is 0.0778. The average Bonchev–Trinajstić information content (AvgIpc) is 2.47. The highest BCUT2D eigenvalue weighted by molar-refractivity contribution is 7.98. The summed E-state index contributed by atoms with van der Waals surface area (Å²) in [6.07, 6.45) is 1.95. The molecule has 4 heteroatoms. The summed E-state index contributed by atoms with van der Waals surface area (Å²) in [5.41, 5.74) is 1.41. The molecule has 106 valence electrons. The second-order valence-electron chi connectivity index (χ2n) is 4.56. The normalized spacial score (nSPS) is 12.4. The van der Waals surface area contributed by atoms with E-state index in [9.17, 15) is 8.78 Å². The number of thioether (sulfide) groups is 1.